The lowest BCUT2D eigenvalue weighted by Crippen LogP contribution is -2.36. The van der Waals surface area contributed by atoms with Crippen LogP contribution in [0.4, 0.5) is 13.2 Å². The van der Waals surface area contributed by atoms with E-state index in [2.05, 4.69) is 22.2 Å². The van der Waals surface area contributed by atoms with E-state index in [0.29, 0.717) is 12.1 Å². The van der Waals surface area contributed by atoms with Crippen molar-refractivity contribution >= 4 is 11.8 Å². The first-order valence-corrected chi connectivity index (χ1v) is 8.02. The third kappa shape index (κ3) is 5.88. The largest absolute Gasteiger partial charge is 0.417 e. The molecule has 0 aliphatic heterocycles. The molecule has 2 atom stereocenters. The van der Waals surface area contributed by atoms with E-state index in [1.807, 2.05) is 0 Å². The fourth-order valence-electron chi connectivity index (χ4n) is 2.79. The van der Waals surface area contributed by atoms with Crippen LogP contribution in [0.2, 0.25) is 0 Å². The van der Waals surface area contributed by atoms with E-state index in [0.717, 1.165) is 25.1 Å². The van der Waals surface area contributed by atoms with Crippen LogP contribution in [0.5, 0.6) is 0 Å². The normalized spacial score (nSPS) is 20.1. The van der Waals surface area contributed by atoms with Crippen molar-refractivity contribution in [2.75, 3.05) is 0 Å². The Morgan fingerprint density at radius 3 is 2.48 bits per heavy atom. The van der Waals surface area contributed by atoms with Gasteiger partial charge in [-0.15, -0.1) is 0 Å². The van der Waals surface area contributed by atoms with Crippen molar-refractivity contribution in [3.8, 4) is 0 Å². The molecule has 8 heteroatoms. The molecular weight excluding hydrogens is 335 g/mol. The Labute approximate surface area is 143 Å². The van der Waals surface area contributed by atoms with Crippen LogP contribution in [-0.2, 0) is 22.2 Å². The fourth-order valence-corrected chi connectivity index (χ4v) is 2.79. The summed E-state index contributed by atoms with van der Waals surface area (Å²) < 4.78 is 37.4. The van der Waals surface area contributed by atoms with Gasteiger partial charge in [-0.1, -0.05) is 6.58 Å². The number of halogens is 3. The van der Waals surface area contributed by atoms with Gasteiger partial charge in [0, 0.05) is 30.4 Å². The van der Waals surface area contributed by atoms with Crippen LogP contribution in [0.25, 0.3) is 0 Å². The van der Waals surface area contributed by atoms with Crippen molar-refractivity contribution in [3.63, 3.8) is 0 Å². The molecule has 25 heavy (non-hydrogen) atoms. The Hall–Kier alpha value is -2.38. The van der Waals surface area contributed by atoms with Gasteiger partial charge in [0.1, 0.15) is 0 Å². The molecule has 0 radical (unpaired) electrons. The Balaban J connectivity index is 1.74. The van der Waals surface area contributed by atoms with Crippen LogP contribution < -0.4 is 10.6 Å². The third-order valence-electron chi connectivity index (χ3n) is 4.09. The predicted octanol–water partition coefficient (Wildman–Crippen LogP) is 2.37. The quantitative estimate of drug-likeness (QED) is 0.770. The van der Waals surface area contributed by atoms with Crippen LogP contribution in [0, 0.1) is 0 Å². The van der Waals surface area contributed by atoms with Gasteiger partial charge in [0.15, 0.2) is 0 Å². The molecular formula is C17H20F3N3O2. The summed E-state index contributed by atoms with van der Waals surface area (Å²) in [5.41, 5.74) is -0.370. The molecule has 5 nitrogen and oxygen atoms in total. The smallest absolute Gasteiger partial charge is 0.353 e. The molecule has 2 rings (SSSR count). The second-order valence-corrected chi connectivity index (χ2v) is 6.02. The number of aromatic nitrogens is 1. The molecule has 1 aliphatic rings. The zero-order valence-electron chi connectivity index (χ0n) is 13.6. The molecule has 0 spiro atoms. The van der Waals surface area contributed by atoms with E-state index in [-0.39, 0.29) is 36.7 Å². The monoisotopic (exact) mass is 355 g/mol. The van der Waals surface area contributed by atoms with Crippen molar-refractivity contribution in [1.82, 2.24) is 15.6 Å². The lowest BCUT2D eigenvalue weighted by atomic mass is 10.1. The van der Waals surface area contributed by atoms with Crippen molar-refractivity contribution in [2.45, 2.75) is 50.4 Å². The number of alkyl halides is 3. The van der Waals surface area contributed by atoms with Crippen molar-refractivity contribution in [2.24, 2.45) is 0 Å². The maximum absolute atomic E-state index is 12.5. The summed E-state index contributed by atoms with van der Waals surface area (Å²) in [6.07, 6.45) is 0.204. The zero-order chi connectivity index (χ0) is 18.4. The molecule has 1 aliphatic carbocycles. The lowest BCUT2D eigenvalue weighted by Gasteiger charge is -2.14. The van der Waals surface area contributed by atoms with Gasteiger partial charge in [0.2, 0.25) is 11.8 Å². The summed E-state index contributed by atoms with van der Waals surface area (Å²) in [6.45, 7) is 3.39. The Kier molecular flexibility index (Phi) is 6.17. The second-order valence-electron chi connectivity index (χ2n) is 6.02. The van der Waals surface area contributed by atoms with E-state index < -0.39 is 11.7 Å². The fraction of sp³-hybridized carbons (Fsp3) is 0.471. The molecule has 0 saturated heterocycles. The highest BCUT2D eigenvalue weighted by Gasteiger charge is 2.30. The van der Waals surface area contributed by atoms with Gasteiger partial charge in [0.25, 0.3) is 0 Å². The molecule has 1 fully saturated rings. The molecule has 1 aromatic rings. The lowest BCUT2D eigenvalue weighted by molar-refractivity contribution is -0.137. The third-order valence-corrected chi connectivity index (χ3v) is 4.09. The van der Waals surface area contributed by atoms with E-state index in [1.54, 1.807) is 0 Å². The number of nitrogens with zero attached hydrogens (tertiary/aromatic N) is 1. The summed E-state index contributed by atoms with van der Waals surface area (Å²) in [5, 5.41) is 5.68. The maximum Gasteiger partial charge on any atom is 0.417 e. The highest BCUT2D eigenvalue weighted by molar-refractivity contribution is 5.87. The number of nitrogens with one attached hydrogen (secondary N) is 2. The molecule has 1 heterocycles. The van der Waals surface area contributed by atoms with E-state index >= 15 is 0 Å². The van der Waals surface area contributed by atoms with Gasteiger partial charge >= 0.3 is 6.18 Å². The first-order chi connectivity index (χ1) is 11.8. The average Bonchev–Trinajstić information content (AvgIpc) is 2.99. The number of carbonyl (C=O) groups is 2. The SMILES string of the molecule is C=CC(=O)N[C@@H]1CC[C@@H](NC(=O)CCc2ccc(C(F)(F)F)cn2)C1. The number of hydrogen-bond acceptors (Lipinski definition) is 3. The number of amides is 2. The predicted molar refractivity (Wildman–Crippen MR) is 85.5 cm³/mol. The minimum Gasteiger partial charge on any atom is -0.353 e. The van der Waals surface area contributed by atoms with Crippen molar-refractivity contribution in [3.05, 3.63) is 42.2 Å². The molecule has 1 aromatic heterocycles. The van der Waals surface area contributed by atoms with Crippen LogP contribution in [-0.4, -0.2) is 28.9 Å². The number of hydrogen-bond donors (Lipinski definition) is 2. The first-order valence-electron chi connectivity index (χ1n) is 8.02. The first kappa shape index (κ1) is 19.0. The minimum absolute atomic E-state index is 0.0109. The summed E-state index contributed by atoms with van der Waals surface area (Å²) >= 11 is 0. The Morgan fingerprint density at radius 2 is 1.92 bits per heavy atom. The molecule has 136 valence electrons. The van der Waals surface area contributed by atoms with Gasteiger partial charge < -0.3 is 10.6 Å². The van der Waals surface area contributed by atoms with Crippen LogP contribution >= 0.6 is 0 Å². The summed E-state index contributed by atoms with van der Waals surface area (Å²) in [4.78, 5) is 27.0. The molecule has 2 N–H and O–H groups in total. The molecule has 1 saturated carbocycles. The van der Waals surface area contributed by atoms with E-state index in [4.69, 9.17) is 0 Å². The van der Waals surface area contributed by atoms with E-state index in [9.17, 15) is 22.8 Å². The average molecular weight is 355 g/mol. The number of pyridine rings is 1. The summed E-state index contributed by atoms with van der Waals surface area (Å²) in [5.74, 6) is -0.409. The van der Waals surface area contributed by atoms with Crippen molar-refractivity contribution < 1.29 is 22.8 Å². The topological polar surface area (TPSA) is 71.1 Å². The molecule has 0 bridgehead atoms. The van der Waals surface area contributed by atoms with Gasteiger partial charge in [-0.05, 0) is 43.9 Å². The number of carbonyl (C=O) groups excluding carboxylic acids is 2. The highest BCUT2D eigenvalue weighted by atomic mass is 19.4. The summed E-state index contributed by atoms with van der Waals surface area (Å²) in [7, 11) is 0. The van der Waals surface area contributed by atoms with E-state index in [1.165, 1.54) is 12.1 Å². The number of rotatable bonds is 6. The molecule has 0 unspecified atom stereocenters. The number of aryl methyl sites for hydroxylation is 1. The van der Waals surface area contributed by atoms with Crippen LogP contribution in [0.3, 0.4) is 0 Å². The second kappa shape index (κ2) is 8.13. The van der Waals surface area contributed by atoms with Gasteiger partial charge in [-0.2, -0.15) is 13.2 Å². The van der Waals surface area contributed by atoms with Crippen LogP contribution in [0.15, 0.2) is 31.0 Å². The standard InChI is InChI=1S/C17H20F3N3O2/c1-2-15(24)22-13-5-6-14(9-13)23-16(25)8-7-12-4-3-11(10-21-12)17(18,19)20/h2-4,10,13-14H,1,5-9H2,(H,22,24)(H,23,25)/t13-,14-/m1/s1. The Bertz CT molecular complexity index is 629. The molecule has 0 aromatic carbocycles. The zero-order valence-corrected chi connectivity index (χ0v) is 13.6. The van der Waals surface area contributed by atoms with Gasteiger partial charge in [0.05, 0.1) is 5.56 Å². The Morgan fingerprint density at radius 1 is 1.24 bits per heavy atom. The van der Waals surface area contributed by atoms with Gasteiger partial charge in [-0.3, -0.25) is 14.6 Å². The van der Waals surface area contributed by atoms with Crippen LogP contribution in [0.1, 0.15) is 36.9 Å². The highest BCUT2D eigenvalue weighted by Crippen LogP contribution is 2.28. The molecule has 2 amide bonds. The van der Waals surface area contributed by atoms with Crippen molar-refractivity contribution in [1.29, 1.82) is 0 Å². The van der Waals surface area contributed by atoms with Gasteiger partial charge in [-0.25, -0.2) is 0 Å². The summed E-state index contributed by atoms with van der Waals surface area (Å²) in [6, 6.07) is 2.26. The minimum atomic E-state index is -4.41. The maximum atomic E-state index is 12.5.